The van der Waals surface area contributed by atoms with Crippen molar-refractivity contribution in [3.63, 3.8) is 0 Å². The predicted octanol–water partition coefficient (Wildman–Crippen LogP) is 2.20. The van der Waals surface area contributed by atoms with Gasteiger partial charge in [-0.25, -0.2) is 0 Å². The Bertz CT molecular complexity index is 491. The van der Waals surface area contributed by atoms with Crippen LogP contribution in [0.1, 0.15) is 18.9 Å². The number of nitrogens with one attached hydrogen (secondary N) is 1. The van der Waals surface area contributed by atoms with Crippen LogP contribution in [0.15, 0.2) is 18.2 Å². The Labute approximate surface area is 123 Å². The highest BCUT2D eigenvalue weighted by Crippen LogP contribution is 2.22. The van der Waals surface area contributed by atoms with E-state index in [2.05, 4.69) is 10.1 Å². The molecule has 0 radical (unpaired) electrons. The van der Waals surface area contributed by atoms with Gasteiger partial charge in [-0.15, -0.1) is 11.8 Å². The van der Waals surface area contributed by atoms with Gasteiger partial charge in [0.15, 0.2) is 0 Å². The average molecular weight is 296 g/mol. The zero-order valence-corrected chi connectivity index (χ0v) is 12.8. The number of hydrogen-bond donors (Lipinski definition) is 2. The molecule has 0 fully saturated rings. The number of benzene rings is 1. The molecule has 6 heteroatoms. The van der Waals surface area contributed by atoms with Gasteiger partial charge >= 0.3 is 5.97 Å². The number of nitrogens with two attached hydrogens (primary N) is 1. The van der Waals surface area contributed by atoms with E-state index in [4.69, 9.17) is 5.73 Å². The maximum absolute atomic E-state index is 12.0. The molecule has 110 valence electrons. The summed E-state index contributed by atoms with van der Waals surface area (Å²) in [5, 5.41) is 2.60. The van der Waals surface area contributed by atoms with Crippen molar-refractivity contribution in [1.82, 2.24) is 0 Å². The number of ether oxygens (including phenoxy) is 1. The number of amides is 1. The summed E-state index contributed by atoms with van der Waals surface area (Å²) < 4.78 is 4.55. The fourth-order valence-corrected chi connectivity index (χ4v) is 2.37. The molecule has 0 saturated carbocycles. The highest BCUT2D eigenvalue weighted by atomic mass is 32.2. The number of thioether (sulfide) groups is 1. The highest BCUT2D eigenvalue weighted by Gasteiger charge is 2.15. The van der Waals surface area contributed by atoms with Crippen LogP contribution in [0.4, 0.5) is 11.4 Å². The van der Waals surface area contributed by atoms with Gasteiger partial charge in [0, 0.05) is 17.1 Å². The van der Waals surface area contributed by atoms with Gasteiger partial charge in [0.1, 0.15) is 0 Å². The number of carbonyl (C=O) groups is 2. The molecular weight excluding hydrogens is 276 g/mol. The molecule has 0 aliphatic carbocycles. The second-order valence-electron chi connectivity index (χ2n) is 4.35. The number of hydrogen-bond acceptors (Lipinski definition) is 5. The van der Waals surface area contributed by atoms with Crippen molar-refractivity contribution in [2.75, 3.05) is 23.9 Å². The van der Waals surface area contributed by atoms with Crippen molar-refractivity contribution >= 4 is 35.0 Å². The summed E-state index contributed by atoms with van der Waals surface area (Å²) in [4.78, 5) is 23.0. The Morgan fingerprint density at radius 3 is 2.80 bits per heavy atom. The zero-order chi connectivity index (χ0) is 15.1. The first-order valence-electron chi connectivity index (χ1n) is 6.30. The fraction of sp³-hybridized carbons (Fsp3) is 0.429. The van der Waals surface area contributed by atoms with E-state index in [0.717, 1.165) is 11.3 Å². The van der Waals surface area contributed by atoms with Crippen LogP contribution in [0.3, 0.4) is 0 Å². The molecule has 0 aliphatic rings. The lowest BCUT2D eigenvalue weighted by atomic mass is 10.1. The quantitative estimate of drug-likeness (QED) is 0.621. The van der Waals surface area contributed by atoms with Crippen LogP contribution < -0.4 is 11.1 Å². The molecule has 1 atom stereocenters. The molecule has 5 nitrogen and oxygen atoms in total. The topological polar surface area (TPSA) is 81.4 Å². The monoisotopic (exact) mass is 296 g/mol. The molecule has 0 aliphatic heterocycles. The SMILES string of the molecule is COC(=O)CCSC(C)C(=O)Nc1cccc(N)c1C. The molecular formula is C14H20N2O3S. The molecule has 1 amide bonds. The van der Waals surface area contributed by atoms with E-state index in [-0.39, 0.29) is 17.1 Å². The lowest BCUT2D eigenvalue weighted by Gasteiger charge is -2.14. The van der Waals surface area contributed by atoms with Crippen molar-refractivity contribution in [3.8, 4) is 0 Å². The number of carbonyl (C=O) groups excluding carboxylic acids is 2. The van der Waals surface area contributed by atoms with Crippen molar-refractivity contribution in [2.24, 2.45) is 0 Å². The third-order valence-electron chi connectivity index (χ3n) is 2.90. The zero-order valence-electron chi connectivity index (χ0n) is 11.9. The summed E-state index contributed by atoms with van der Waals surface area (Å²) in [5.74, 6) is 0.183. The molecule has 0 heterocycles. The predicted molar refractivity (Wildman–Crippen MR) is 82.8 cm³/mol. The summed E-state index contributed by atoms with van der Waals surface area (Å²) in [6.45, 7) is 3.67. The van der Waals surface area contributed by atoms with Crippen LogP contribution in [0.2, 0.25) is 0 Å². The molecule has 1 unspecified atom stereocenters. The maximum Gasteiger partial charge on any atom is 0.306 e. The van der Waals surface area contributed by atoms with Crippen LogP contribution in [0, 0.1) is 6.92 Å². The first-order chi connectivity index (χ1) is 9.45. The van der Waals surface area contributed by atoms with Crippen LogP contribution in [-0.4, -0.2) is 30.0 Å². The first kappa shape index (κ1) is 16.4. The van der Waals surface area contributed by atoms with E-state index in [1.54, 1.807) is 19.1 Å². The second kappa shape index (κ2) is 7.79. The van der Waals surface area contributed by atoms with Crippen LogP contribution in [0.5, 0.6) is 0 Å². The Morgan fingerprint density at radius 2 is 2.15 bits per heavy atom. The molecule has 0 aromatic heterocycles. The number of methoxy groups -OCH3 is 1. The van der Waals surface area contributed by atoms with E-state index >= 15 is 0 Å². The fourth-order valence-electron chi connectivity index (χ4n) is 1.52. The van der Waals surface area contributed by atoms with E-state index in [9.17, 15) is 9.59 Å². The van der Waals surface area contributed by atoms with Gasteiger partial charge in [-0.05, 0) is 31.5 Å². The van der Waals surface area contributed by atoms with Gasteiger partial charge in [0.05, 0.1) is 18.8 Å². The number of anilines is 2. The van der Waals surface area contributed by atoms with Crippen molar-refractivity contribution in [1.29, 1.82) is 0 Å². The van der Waals surface area contributed by atoms with Gasteiger partial charge in [0.25, 0.3) is 0 Å². The average Bonchev–Trinajstić information content (AvgIpc) is 2.43. The Hall–Kier alpha value is -1.69. The second-order valence-corrected chi connectivity index (χ2v) is 5.80. The van der Waals surface area contributed by atoms with E-state index < -0.39 is 0 Å². The van der Waals surface area contributed by atoms with Gasteiger partial charge in [0.2, 0.25) is 5.91 Å². The van der Waals surface area contributed by atoms with E-state index in [0.29, 0.717) is 17.9 Å². The lowest BCUT2D eigenvalue weighted by Crippen LogP contribution is -2.23. The molecule has 1 aromatic rings. The minimum atomic E-state index is -0.267. The third-order valence-corrected chi connectivity index (χ3v) is 4.06. The number of esters is 1. The number of rotatable bonds is 6. The van der Waals surface area contributed by atoms with E-state index in [1.165, 1.54) is 18.9 Å². The summed E-state index contributed by atoms with van der Waals surface area (Å²) in [5.41, 5.74) is 8.01. The van der Waals surface area contributed by atoms with Gasteiger partial charge < -0.3 is 15.8 Å². The minimum Gasteiger partial charge on any atom is -0.469 e. The Balaban J connectivity index is 2.49. The van der Waals surface area contributed by atoms with Crippen molar-refractivity contribution in [2.45, 2.75) is 25.5 Å². The summed E-state index contributed by atoms with van der Waals surface area (Å²) in [6, 6.07) is 5.40. The normalized spacial score (nSPS) is 11.8. The maximum atomic E-state index is 12.0. The summed E-state index contributed by atoms with van der Waals surface area (Å²) in [7, 11) is 1.35. The minimum absolute atomic E-state index is 0.103. The first-order valence-corrected chi connectivity index (χ1v) is 7.35. The molecule has 1 aromatic carbocycles. The molecule has 20 heavy (non-hydrogen) atoms. The summed E-state index contributed by atoms with van der Waals surface area (Å²) >= 11 is 1.41. The van der Waals surface area contributed by atoms with Crippen LogP contribution >= 0.6 is 11.8 Å². The van der Waals surface area contributed by atoms with Crippen molar-refractivity contribution < 1.29 is 14.3 Å². The van der Waals surface area contributed by atoms with E-state index in [1.807, 2.05) is 13.0 Å². The lowest BCUT2D eigenvalue weighted by molar-refractivity contribution is -0.140. The molecule has 0 spiro atoms. The summed E-state index contributed by atoms with van der Waals surface area (Å²) in [6.07, 6.45) is 0.302. The molecule has 0 saturated heterocycles. The Kier molecular flexibility index (Phi) is 6.38. The van der Waals surface area contributed by atoms with Crippen molar-refractivity contribution in [3.05, 3.63) is 23.8 Å². The van der Waals surface area contributed by atoms with Crippen LogP contribution in [-0.2, 0) is 14.3 Å². The Morgan fingerprint density at radius 1 is 1.45 bits per heavy atom. The standard InChI is InChI=1S/C14H20N2O3S/c1-9-11(15)5-4-6-12(9)16-14(18)10(2)20-8-7-13(17)19-3/h4-6,10H,7-8,15H2,1-3H3,(H,16,18). The molecule has 3 N–H and O–H groups in total. The smallest absolute Gasteiger partial charge is 0.306 e. The third kappa shape index (κ3) is 4.77. The molecule has 1 rings (SSSR count). The largest absolute Gasteiger partial charge is 0.469 e. The van der Waals surface area contributed by atoms with Gasteiger partial charge in [-0.2, -0.15) is 0 Å². The van der Waals surface area contributed by atoms with Gasteiger partial charge in [-0.1, -0.05) is 6.07 Å². The number of nitrogen functional groups attached to an aromatic ring is 1. The highest BCUT2D eigenvalue weighted by molar-refractivity contribution is 8.00. The molecule has 0 bridgehead atoms. The van der Waals surface area contributed by atoms with Crippen LogP contribution in [0.25, 0.3) is 0 Å². The van der Waals surface area contributed by atoms with Gasteiger partial charge in [-0.3, -0.25) is 9.59 Å².